The number of allylic oxidation sites excluding steroid dienone is 2. The van der Waals surface area contributed by atoms with Gasteiger partial charge in [0.2, 0.25) is 0 Å². The average Bonchev–Trinajstić information content (AvgIpc) is 3.29. The van der Waals surface area contributed by atoms with E-state index in [1.165, 1.54) is 14.0 Å². The lowest BCUT2D eigenvalue weighted by Gasteiger charge is -2.71. The van der Waals surface area contributed by atoms with Gasteiger partial charge >= 0.3 is 11.9 Å². The Kier molecular flexibility index (Phi) is 14.0. The largest absolute Gasteiger partial charge is 0.481 e. The molecule has 67 heavy (non-hydrogen) atoms. The van der Waals surface area contributed by atoms with Crippen molar-refractivity contribution < 1.29 is 93.8 Å². The summed E-state index contributed by atoms with van der Waals surface area (Å²) < 4.78 is 41.7. The molecule has 4 saturated carbocycles. The molecule has 24 atom stereocenters. The maximum Gasteiger partial charge on any atom is 0.311 e. The molecule has 3 saturated heterocycles. The number of esters is 1. The molecular weight excluding hydrogens is 881 g/mol. The Morgan fingerprint density at radius 2 is 1.40 bits per heavy atom. The zero-order chi connectivity index (χ0) is 49.0. The van der Waals surface area contributed by atoms with Crippen LogP contribution < -0.4 is 0 Å². The van der Waals surface area contributed by atoms with Crippen LogP contribution in [0.3, 0.4) is 0 Å². The second kappa shape index (κ2) is 18.3. The van der Waals surface area contributed by atoms with Crippen LogP contribution >= 0.6 is 0 Å². The third-order valence-corrected chi connectivity index (χ3v) is 19.5. The SMILES string of the molecule is COC(=O)[C@@]1(C)CC[C@]2(C(=O)O)CC[C@]3(C)C(=CC[C@@H]4[C@@]5(C)CC[C@H](O[C@@H]6OC[C@@H](O)[C@H](O)[C@H]6O[C@@H]6O[C@H](CO)[C@@H](O)[C@H](O)[C@H]6O[C@@H]6O[C@@H](C)[C@H](O)[C@@H](O)[C@H]6O)[C@@](C)(CO)[C@@H]5CC[C@]43C)[C@@H]2C1. The fourth-order valence-electron chi connectivity index (χ4n) is 15.1. The van der Waals surface area contributed by atoms with Gasteiger partial charge in [-0.05, 0) is 112 Å². The van der Waals surface area contributed by atoms with Crippen LogP contribution in [-0.4, -0.2) is 182 Å². The highest BCUT2D eigenvalue weighted by Gasteiger charge is 2.71. The number of rotatable bonds is 10. The van der Waals surface area contributed by atoms with Crippen LogP contribution in [0.15, 0.2) is 11.6 Å². The first-order chi connectivity index (χ1) is 31.4. The van der Waals surface area contributed by atoms with E-state index in [0.717, 1.165) is 18.4 Å². The van der Waals surface area contributed by atoms with Crippen molar-refractivity contribution in [3.8, 4) is 0 Å². The van der Waals surface area contributed by atoms with E-state index in [1.54, 1.807) is 0 Å². The molecule has 0 amide bonds. The van der Waals surface area contributed by atoms with Gasteiger partial charge in [0.1, 0.15) is 61.0 Å². The summed E-state index contributed by atoms with van der Waals surface area (Å²) in [6.45, 7) is 10.9. The molecule has 0 radical (unpaired) electrons. The molecule has 8 aliphatic rings. The maximum absolute atomic E-state index is 13.3. The van der Waals surface area contributed by atoms with Crippen LogP contribution in [0.2, 0.25) is 0 Å². The predicted octanol–water partition coefficient (Wildman–Crippen LogP) is 0.498. The van der Waals surface area contributed by atoms with Gasteiger partial charge in [-0.25, -0.2) is 0 Å². The summed E-state index contributed by atoms with van der Waals surface area (Å²) in [5.41, 5.74) is -2.40. The predicted molar refractivity (Wildman–Crippen MR) is 231 cm³/mol. The van der Waals surface area contributed by atoms with Crippen molar-refractivity contribution in [2.45, 2.75) is 198 Å². The van der Waals surface area contributed by atoms with E-state index in [0.29, 0.717) is 51.4 Å². The van der Waals surface area contributed by atoms with E-state index in [9.17, 15) is 60.7 Å². The molecule has 0 spiro atoms. The quantitative estimate of drug-likeness (QED) is 0.0810. The Morgan fingerprint density at radius 3 is 2.06 bits per heavy atom. The summed E-state index contributed by atoms with van der Waals surface area (Å²) in [6, 6.07) is 0. The number of fused-ring (bicyclic) bond motifs is 7. The fourth-order valence-corrected chi connectivity index (χ4v) is 15.1. The highest BCUT2D eigenvalue weighted by atomic mass is 16.8. The number of methoxy groups -OCH3 is 1. The van der Waals surface area contributed by atoms with Crippen molar-refractivity contribution >= 4 is 11.9 Å². The second-order valence-electron chi connectivity index (χ2n) is 22.7. The van der Waals surface area contributed by atoms with E-state index < -0.39 is 121 Å². The zero-order valence-corrected chi connectivity index (χ0v) is 39.8. The molecule has 0 aromatic heterocycles. The highest BCUT2D eigenvalue weighted by Crippen LogP contribution is 2.76. The van der Waals surface area contributed by atoms with Crippen molar-refractivity contribution in [1.82, 2.24) is 0 Å². The highest BCUT2D eigenvalue weighted by molar-refractivity contribution is 5.80. The Bertz CT molecular complexity index is 1870. The van der Waals surface area contributed by atoms with E-state index >= 15 is 0 Å². The lowest BCUT2D eigenvalue weighted by molar-refractivity contribution is -0.392. The number of carbonyl (C=O) groups excluding carboxylic acids is 1. The topological polar surface area (TPSA) is 301 Å². The van der Waals surface area contributed by atoms with E-state index in [-0.39, 0.29) is 53.2 Å². The standard InChI is InChI=1S/C48H76O19/c1-22-30(52)33(55)35(57)38(63-22)66-37-34(56)32(54)26(19-49)64-40(37)67-36-31(53)25(51)20-62-39(36)65-29-11-12-44(3)27(45(29,4)21-50)10-13-47(6)28(44)9-8-23-24-18-43(2,42(60)61-7)14-16-48(24,41(58)59)17-15-46(23,47)5/h8,22,24-40,49-57H,9-21H2,1-7H3,(H,58,59)/t22-,24-,25+,26+,27+,28+,29-,30-,31-,32+,33+,34-,35+,36+,37+,38-,39-,40-,43-,44-,45-,46+,47+,48-/m0/s1. The Labute approximate surface area is 391 Å². The number of aliphatic hydroxyl groups is 9. The summed E-state index contributed by atoms with van der Waals surface area (Å²) in [7, 11) is 1.39. The van der Waals surface area contributed by atoms with Gasteiger partial charge in [-0.1, -0.05) is 39.3 Å². The monoisotopic (exact) mass is 956 g/mol. The third kappa shape index (κ3) is 7.88. The zero-order valence-electron chi connectivity index (χ0n) is 39.8. The molecule has 3 heterocycles. The van der Waals surface area contributed by atoms with Crippen LogP contribution in [0, 0.1) is 50.2 Å². The summed E-state index contributed by atoms with van der Waals surface area (Å²) in [6.07, 6.45) is -14.6. The van der Waals surface area contributed by atoms with Gasteiger partial charge in [-0.2, -0.15) is 0 Å². The van der Waals surface area contributed by atoms with Gasteiger partial charge in [-0.3, -0.25) is 9.59 Å². The molecule has 19 heteroatoms. The number of aliphatic carboxylic acids is 1. The first-order valence-electron chi connectivity index (χ1n) is 24.3. The number of ether oxygens (including phenoxy) is 7. The fraction of sp³-hybridized carbons (Fsp3) is 0.917. The van der Waals surface area contributed by atoms with Crippen molar-refractivity contribution in [2.75, 3.05) is 26.9 Å². The number of carboxylic acids is 1. The molecule has 0 bridgehead atoms. The molecule has 19 nitrogen and oxygen atoms in total. The lowest BCUT2D eigenvalue weighted by Crippen LogP contribution is -2.67. The van der Waals surface area contributed by atoms with Crippen molar-refractivity contribution in [1.29, 1.82) is 0 Å². The van der Waals surface area contributed by atoms with Crippen LogP contribution in [0.25, 0.3) is 0 Å². The van der Waals surface area contributed by atoms with E-state index in [1.807, 2.05) is 13.8 Å². The van der Waals surface area contributed by atoms with Gasteiger partial charge < -0.3 is 84.2 Å². The van der Waals surface area contributed by atoms with Crippen molar-refractivity contribution in [2.24, 2.45) is 50.2 Å². The maximum atomic E-state index is 13.3. The molecule has 3 aliphatic heterocycles. The number of hydrogen-bond donors (Lipinski definition) is 10. The van der Waals surface area contributed by atoms with Gasteiger partial charge in [0, 0.05) is 5.41 Å². The molecule has 0 aromatic carbocycles. The molecule has 8 rings (SSSR count). The smallest absolute Gasteiger partial charge is 0.311 e. The Morgan fingerprint density at radius 1 is 0.731 bits per heavy atom. The molecule has 0 aromatic rings. The van der Waals surface area contributed by atoms with Gasteiger partial charge in [-0.15, -0.1) is 0 Å². The number of aliphatic hydroxyl groups excluding tert-OH is 9. The Hall–Kier alpha value is -1.92. The molecule has 5 aliphatic carbocycles. The molecule has 382 valence electrons. The first-order valence-corrected chi connectivity index (χ1v) is 24.3. The average molecular weight is 957 g/mol. The normalized spacial score (nSPS) is 54.4. The minimum atomic E-state index is -1.84. The van der Waals surface area contributed by atoms with Crippen molar-refractivity contribution in [3.63, 3.8) is 0 Å². The minimum absolute atomic E-state index is 0.0718. The van der Waals surface area contributed by atoms with Crippen LogP contribution in [0.1, 0.15) is 106 Å². The number of carboxylic acid groups (broad SMARTS) is 1. The molecule has 0 unspecified atom stereocenters. The van der Waals surface area contributed by atoms with Gasteiger partial charge in [0.15, 0.2) is 18.9 Å². The summed E-state index contributed by atoms with van der Waals surface area (Å²) in [5.74, 6) is -1.36. The number of carbonyl (C=O) groups is 2. The summed E-state index contributed by atoms with van der Waals surface area (Å²) in [5, 5.41) is 108. The van der Waals surface area contributed by atoms with E-state index in [2.05, 4.69) is 26.8 Å². The second-order valence-corrected chi connectivity index (χ2v) is 22.7. The van der Waals surface area contributed by atoms with Crippen LogP contribution in [0.5, 0.6) is 0 Å². The van der Waals surface area contributed by atoms with Gasteiger partial charge in [0.05, 0.1) is 50.0 Å². The third-order valence-electron chi connectivity index (χ3n) is 19.5. The lowest BCUT2D eigenvalue weighted by atomic mass is 9.33. The Balaban J connectivity index is 1.05. The van der Waals surface area contributed by atoms with Crippen LogP contribution in [0.4, 0.5) is 0 Å². The summed E-state index contributed by atoms with van der Waals surface area (Å²) >= 11 is 0. The summed E-state index contributed by atoms with van der Waals surface area (Å²) in [4.78, 5) is 26.5. The number of hydrogen-bond acceptors (Lipinski definition) is 18. The minimum Gasteiger partial charge on any atom is -0.481 e. The van der Waals surface area contributed by atoms with Crippen molar-refractivity contribution in [3.05, 3.63) is 11.6 Å². The van der Waals surface area contributed by atoms with E-state index in [4.69, 9.17) is 33.2 Å². The molecule has 10 N–H and O–H groups in total. The molecular formula is C48H76O19. The van der Waals surface area contributed by atoms with Crippen LogP contribution in [-0.2, 0) is 42.7 Å². The first kappa shape index (κ1) is 51.4. The molecule has 7 fully saturated rings. The van der Waals surface area contributed by atoms with Gasteiger partial charge in [0.25, 0.3) is 0 Å².